The van der Waals surface area contributed by atoms with Crippen LogP contribution in [0.3, 0.4) is 0 Å². The molecule has 1 atom stereocenters. The van der Waals surface area contributed by atoms with Crippen molar-refractivity contribution >= 4 is 11.9 Å². The topological polar surface area (TPSA) is 83.6 Å². The Kier molecular flexibility index (Phi) is 4.45. The summed E-state index contributed by atoms with van der Waals surface area (Å²) in [5.41, 5.74) is 5.89. The first kappa shape index (κ1) is 14.3. The average molecular weight is 268 g/mol. The molecule has 3 N–H and O–H groups in total. The number of amides is 1. The highest BCUT2D eigenvalue weighted by molar-refractivity contribution is 5.84. The van der Waals surface area contributed by atoms with E-state index in [9.17, 15) is 14.7 Å². The summed E-state index contributed by atoms with van der Waals surface area (Å²) in [6.07, 6.45) is 7.75. The molecular formula is C14H24N2O3. The Morgan fingerprint density at radius 2 is 1.84 bits per heavy atom. The maximum atomic E-state index is 12.4. The van der Waals surface area contributed by atoms with Gasteiger partial charge in [0.05, 0.1) is 0 Å². The zero-order valence-corrected chi connectivity index (χ0v) is 11.4. The van der Waals surface area contributed by atoms with Crippen LogP contribution in [0.2, 0.25) is 0 Å². The van der Waals surface area contributed by atoms with E-state index >= 15 is 0 Å². The molecule has 0 radical (unpaired) electrons. The monoisotopic (exact) mass is 268 g/mol. The quantitative estimate of drug-likeness (QED) is 0.812. The molecule has 0 spiro atoms. The van der Waals surface area contributed by atoms with Gasteiger partial charge in [0.1, 0.15) is 6.04 Å². The van der Waals surface area contributed by atoms with Crippen LogP contribution in [0.1, 0.15) is 57.8 Å². The van der Waals surface area contributed by atoms with Crippen LogP contribution in [-0.2, 0) is 9.59 Å². The minimum absolute atomic E-state index is 0.0727. The van der Waals surface area contributed by atoms with Gasteiger partial charge in [-0.3, -0.25) is 4.79 Å². The molecule has 0 aromatic heterocycles. The van der Waals surface area contributed by atoms with E-state index in [0.29, 0.717) is 19.4 Å². The highest BCUT2D eigenvalue weighted by Crippen LogP contribution is 2.30. The van der Waals surface area contributed by atoms with E-state index in [1.165, 1.54) is 11.3 Å². The van der Waals surface area contributed by atoms with Crippen molar-refractivity contribution in [3.8, 4) is 0 Å². The standard InChI is InChI=1S/C14H24N2O3/c15-14(7-3-1-4-8-14)10-12(17)16-9-5-2-6-11(16)13(18)19/h11H,1-10,15H2,(H,18,19). The summed E-state index contributed by atoms with van der Waals surface area (Å²) >= 11 is 0. The van der Waals surface area contributed by atoms with E-state index in [1.807, 2.05) is 0 Å². The summed E-state index contributed by atoms with van der Waals surface area (Å²) in [5.74, 6) is -0.959. The molecule has 1 amide bonds. The molecule has 1 aliphatic carbocycles. The van der Waals surface area contributed by atoms with Gasteiger partial charge in [0.15, 0.2) is 0 Å². The van der Waals surface area contributed by atoms with Crippen LogP contribution in [0, 0.1) is 0 Å². The fraction of sp³-hybridized carbons (Fsp3) is 0.857. The molecule has 5 heteroatoms. The molecule has 2 aliphatic rings. The number of hydrogen-bond acceptors (Lipinski definition) is 3. The summed E-state index contributed by atoms with van der Waals surface area (Å²) in [5, 5.41) is 9.20. The Balaban J connectivity index is 1.99. The highest BCUT2D eigenvalue weighted by Gasteiger charge is 2.36. The molecule has 1 saturated heterocycles. The van der Waals surface area contributed by atoms with E-state index in [0.717, 1.165) is 38.5 Å². The molecule has 1 heterocycles. The summed E-state index contributed by atoms with van der Waals surface area (Å²) in [6.45, 7) is 0.561. The van der Waals surface area contributed by atoms with Crippen molar-refractivity contribution < 1.29 is 14.7 Å². The predicted octanol–water partition coefficient (Wildman–Crippen LogP) is 1.50. The van der Waals surface area contributed by atoms with E-state index in [-0.39, 0.29) is 5.91 Å². The smallest absolute Gasteiger partial charge is 0.326 e. The number of piperidine rings is 1. The molecule has 5 nitrogen and oxygen atoms in total. The molecular weight excluding hydrogens is 244 g/mol. The van der Waals surface area contributed by atoms with Crippen molar-refractivity contribution in [2.45, 2.75) is 69.4 Å². The van der Waals surface area contributed by atoms with E-state index in [1.54, 1.807) is 0 Å². The number of rotatable bonds is 3. The number of likely N-dealkylation sites (tertiary alicyclic amines) is 1. The van der Waals surface area contributed by atoms with Gasteiger partial charge in [-0.15, -0.1) is 0 Å². The normalized spacial score (nSPS) is 27.0. The third kappa shape index (κ3) is 3.47. The molecule has 1 saturated carbocycles. The predicted molar refractivity (Wildman–Crippen MR) is 71.6 cm³/mol. The highest BCUT2D eigenvalue weighted by atomic mass is 16.4. The maximum absolute atomic E-state index is 12.4. The Hall–Kier alpha value is -1.10. The molecule has 19 heavy (non-hydrogen) atoms. The van der Waals surface area contributed by atoms with Gasteiger partial charge in [-0.1, -0.05) is 19.3 Å². The number of nitrogens with zero attached hydrogens (tertiary/aromatic N) is 1. The van der Waals surface area contributed by atoms with Crippen LogP contribution in [0.5, 0.6) is 0 Å². The van der Waals surface area contributed by atoms with Gasteiger partial charge >= 0.3 is 5.97 Å². The lowest BCUT2D eigenvalue weighted by Gasteiger charge is -2.38. The van der Waals surface area contributed by atoms with Crippen molar-refractivity contribution in [2.75, 3.05) is 6.54 Å². The van der Waals surface area contributed by atoms with Gasteiger partial charge < -0.3 is 15.7 Å². The number of carbonyl (C=O) groups excluding carboxylic acids is 1. The van der Waals surface area contributed by atoms with Gasteiger partial charge in [0.2, 0.25) is 5.91 Å². The van der Waals surface area contributed by atoms with E-state index in [2.05, 4.69) is 0 Å². The molecule has 108 valence electrons. The lowest BCUT2D eigenvalue weighted by Crippen LogP contribution is -2.52. The first-order valence-corrected chi connectivity index (χ1v) is 7.33. The Morgan fingerprint density at radius 3 is 2.47 bits per heavy atom. The molecule has 2 fully saturated rings. The summed E-state index contributed by atoms with van der Waals surface area (Å²) in [4.78, 5) is 25.1. The van der Waals surface area contributed by atoms with Crippen LogP contribution in [0.25, 0.3) is 0 Å². The minimum atomic E-state index is -0.886. The number of nitrogens with two attached hydrogens (primary N) is 1. The van der Waals surface area contributed by atoms with Crippen molar-refractivity contribution in [3.05, 3.63) is 0 Å². The lowest BCUT2D eigenvalue weighted by molar-refractivity contribution is -0.152. The van der Waals surface area contributed by atoms with Gasteiger partial charge in [-0.25, -0.2) is 4.79 Å². The molecule has 0 bridgehead atoms. The number of carboxylic acid groups (broad SMARTS) is 1. The summed E-state index contributed by atoms with van der Waals surface area (Å²) < 4.78 is 0. The zero-order chi connectivity index (χ0) is 13.9. The Bertz CT molecular complexity index is 351. The summed E-state index contributed by atoms with van der Waals surface area (Å²) in [6, 6.07) is -0.645. The van der Waals surface area contributed by atoms with Gasteiger partial charge in [-0.05, 0) is 32.1 Å². The van der Waals surface area contributed by atoms with Crippen LogP contribution >= 0.6 is 0 Å². The number of hydrogen-bond donors (Lipinski definition) is 2. The van der Waals surface area contributed by atoms with Gasteiger partial charge in [0, 0.05) is 18.5 Å². The third-order valence-electron chi connectivity index (χ3n) is 4.46. The lowest BCUT2D eigenvalue weighted by atomic mass is 9.79. The van der Waals surface area contributed by atoms with Gasteiger partial charge in [0.25, 0.3) is 0 Å². The molecule has 2 rings (SSSR count). The molecule has 1 aliphatic heterocycles. The number of carboxylic acids is 1. The average Bonchev–Trinajstić information content (AvgIpc) is 2.39. The second-order valence-electron chi connectivity index (χ2n) is 6.04. The summed E-state index contributed by atoms with van der Waals surface area (Å²) in [7, 11) is 0. The first-order chi connectivity index (χ1) is 9.02. The zero-order valence-electron chi connectivity index (χ0n) is 11.4. The SMILES string of the molecule is NC1(CC(=O)N2CCCCC2C(=O)O)CCCCC1. The minimum Gasteiger partial charge on any atom is -0.480 e. The largest absolute Gasteiger partial charge is 0.480 e. The maximum Gasteiger partial charge on any atom is 0.326 e. The second-order valence-corrected chi connectivity index (χ2v) is 6.04. The van der Waals surface area contributed by atoms with Gasteiger partial charge in [-0.2, -0.15) is 0 Å². The molecule has 0 aromatic rings. The van der Waals surface area contributed by atoms with Crippen molar-refractivity contribution in [1.29, 1.82) is 0 Å². The Morgan fingerprint density at radius 1 is 1.16 bits per heavy atom. The first-order valence-electron chi connectivity index (χ1n) is 7.33. The molecule has 0 aromatic carbocycles. The fourth-order valence-electron chi connectivity index (χ4n) is 3.32. The van der Waals surface area contributed by atoms with Crippen molar-refractivity contribution in [3.63, 3.8) is 0 Å². The number of carbonyl (C=O) groups is 2. The second kappa shape index (κ2) is 5.90. The van der Waals surface area contributed by atoms with E-state index in [4.69, 9.17) is 5.73 Å². The molecule has 1 unspecified atom stereocenters. The van der Waals surface area contributed by atoms with Crippen LogP contribution < -0.4 is 5.73 Å². The van der Waals surface area contributed by atoms with Crippen LogP contribution in [0.4, 0.5) is 0 Å². The van der Waals surface area contributed by atoms with Crippen molar-refractivity contribution in [1.82, 2.24) is 4.90 Å². The third-order valence-corrected chi connectivity index (χ3v) is 4.46. The van der Waals surface area contributed by atoms with Crippen LogP contribution in [0.15, 0.2) is 0 Å². The van der Waals surface area contributed by atoms with Crippen LogP contribution in [-0.4, -0.2) is 40.0 Å². The van der Waals surface area contributed by atoms with E-state index < -0.39 is 17.6 Å². The fourth-order valence-corrected chi connectivity index (χ4v) is 3.32. The van der Waals surface area contributed by atoms with Crippen molar-refractivity contribution in [2.24, 2.45) is 5.73 Å². The Labute approximate surface area is 114 Å². The number of aliphatic carboxylic acids is 1.